The van der Waals surface area contributed by atoms with Gasteiger partial charge in [-0.25, -0.2) is 0 Å². The number of likely N-dealkylation sites (N-methyl/N-ethyl adjacent to an activating group) is 1. The van der Waals surface area contributed by atoms with Crippen LogP contribution in [0.3, 0.4) is 0 Å². The fraction of sp³-hybridized carbons (Fsp3) is 0.711. The highest BCUT2D eigenvalue weighted by molar-refractivity contribution is 5.70. The third-order valence-corrected chi connectivity index (χ3v) is 8.50. The molecule has 9 nitrogen and oxygen atoms in total. The highest BCUT2D eigenvalue weighted by Crippen LogP contribution is 2.12. The number of esters is 2. The zero-order chi connectivity index (χ0) is 40.0. The first-order valence-corrected chi connectivity index (χ1v) is 20.9. The van der Waals surface area contributed by atoms with E-state index in [4.69, 9.17) is 18.9 Å². The summed E-state index contributed by atoms with van der Waals surface area (Å²) in [6, 6.07) is 0. The molecule has 0 aromatic carbocycles. The number of allylic oxidation sites excluding steroid dienone is 10. The minimum Gasteiger partial charge on any atom is -0.545 e. The maximum atomic E-state index is 12.7. The van der Waals surface area contributed by atoms with Crippen molar-refractivity contribution in [2.45, 2.75) is 161 Å². The lowest BCUT2D eigenvalue weighted by atomic mass is 10.1. The average Bonchev–Trinajstić information content (AvgIpc) is 3.12. The number of carbonyl (C=O) groups is 3. The van der Waals surface area contributed by atoms with Crippen LogP contribution in [0, 0.1) is 0 Å². The third kappa shape index (κ3) is 37.3. The number of ether oxygens (including phenoxy) is 4. The summed E-state index contributed by atoms with van der Waals surface area (Å²) in [6.07, 6.45) is 39.6. The second kappa shape index (κ2) is 36.9. The molecule has 2 unspecified atom stereocenters. The summed E-state index contributed by atoms with van der Waals surface area (Å²) in [5.41, 5.74) is 0. The van der Waals surface area contributed by atoms with Crippen LogP contribution in [-0.4, -0.2) is 82.3 Å². The molecule has 0 saturated carbocycles. The molecule has 0 rings (SSSR count). The minimum atomic E-state index is -1.63. The van der Waals surface area contributed by atoms with Crippen molar-refractivity contribution in [2.24, 2.45) is 0 Å². The van der Waals surface area contributed by atoms with Gasteiger partial charge < -0.3 is 33.3 Å². The zero-order valence-corrected chi connectivity index (χ0v) is 34.8. The molecule has 0 spiro atoms. The normalized spacial score (nSPS) is 13.6. The summed E-state index contributed by atoms with van der Waals surface area (Å²) in [5.74, 6) is -2.34. The molecule has 0 amide bonds. The van der Waals surface area contributed by atoms with Crippen molar-refractivity contribution >= 4 is 17.9 Å². The minimum absolute atomic E-state index is 0.139. The molecule has 0 aliphatic rings. The van der Waals surface area contributed by atoms with Crippen molar-refractivity contribution in [3.63, 3.8) is 0 Å². The summed E-state index contributed by atoms with van der Waals surface area (Å²) in [6.45, 7) is 4.52. The van der Waals surface area contributed by atoms with Gasteiger partial charge in [0.2, 0.25) is 0 Å². The van der Waals surface area contributed by atoms with E-state index in [0.29, 0.717) is 17.4 Å². The number of aliphatic carboxylic acids is 1. The van der Waals surface area contributed by atoms with Crippen molar-refractivity contribution < 1.29 is 42.9 Å². The Kier molecular flexibility index (Phi) is 34.9. The Morgan fingerprint density at radius 2 is 1.06 bits per heavy atom. The van der Waals surface area contributed by atoms with E-state index in [1.54, 1.807) is 0 Å². The van der Waals surface area contributed by atoms with E-state index in [1.807, 2.05) is 21.1 Å². The van der Waals surface area contributed by atoms with Crippen molar-refractivity contribution in [1.82, 2.24) is 0 Å². The number of unbranched alkanes of at least 4 members (excludes halogenated alkanes) is 12. The van der Waals surface area contributed by atoms with Crippen LogP contribution in [-0.2, 0) is 33.3 Å². The Labute approximate surface area is 329 Å². The van der Waals surface area contributed by atoms with Gasteiger partial charge in [0.05, 0.1) is 40.3 Å². The summed E-state index contributed by atoms with van der Waals surface area (Å²) in [4.78, 5) is 36.9. The Bertz CT molecular complexity index is 1070. The van der Waals surface area contributed by atoms with Crippen LogP contribution in [0.1, 0.15) is 149 Å². The highest BCUT2D eigenvalue weighted by atomic mass is 16.7. The summed E-state index contributed by atoms with van der Waals surface area (Å²) in [7, 11) is 5.88. The van der Waals surface area contributed by atoms with E-state index in [2.05, 4.69) is 74.6 Å². The molecule has 0 heterocycles. The van der Waals surface area contributed by atoms with Crippen LogP contribution in [0.15, 0.2) is 60.8 Å². The number of carbonyl (C=O) groups excluding carboxylic acids is 3. The number of carboxylic acid groups (broad SMARTS) is 1. The Morgan fingerprint density at radius 3 is 1.57 bits per heavy atom. The van der Waals surface area contributed by atoms with Crippen LogP contribution in [0.2, 0.25) is 0 Å². The molecule has 0 saturated heterocycles. The lowest BCUT2D eigenvalue weighted by Gasteiger charge is -2.26. The molecule has 0 aromatic heterocycles. The molecule has 0 radical (unpaired) electrons. The molecule has 0 N–H and O–H groups in total. The van der Waals surface area contributed by atoms with E-state index in [0.717, 1.165) is 103 Å². The number of rotatable bonds is 37. The number of hydrogen-bond acceptors (Lipinski definition) is 8. The van der Waals surface area contributed by atoms with Gasteiger partial charge in [-0.3, -0.25) is 9.59 Å². The van der Waals surface area contributed by atoms with Gasteiger partial charge in [0.25, 0.3) is 0 Å². The smallest absolute Gasteiger partial charge is 0.306 e. The van der Waals surface area contributed by atoms with E-state index < -0.39 is 24.3 Å². The molecule has 0 fully saturated rings. The van der Waals surface area contributed by atoms with Crippen LogP contribution in [0.25, 0.3) is 0 Å². The van der Waals surface area contributed by atoms with Crippen molar-refractivity contribution in [1.29, 1.82) is 0 Å². The van der Waals surface area contributed by atoms with E-state index in [9.17, 15) is 19.5 Å². The van der Waals surface area contributed by atoms with Gasteiger partial charge >= 0.3 is 11.9 Å². The Balaban J connectivity index is 4.55. The lowest BCUT2D eigenvalue weighted by Crippen LogP contribution is -2.44. The van der Waals surface area contributed by atoms with Gasteiger partial charge in [0, 0.05) is 12.8 Å². The molecule has 0 aromatic rings. The largest absolute Gasteiger partial charge is 0.545 e. The van der Waals surface area contributed by atoms with E-state index in [-0.39, 0.29) is 38.6 Å². The Morgan fingerprint density at radius 1 is 0.574 bits per heavy atom. The predicted molar refractivity (Wildman–Crippen MR) is 218 cm³/mol. The van der Waals surface area contributed by atoms with Gasteiger partial charge in [-0.05, 0) is 70.6 Å². The second-order valence-electron chi connectivity index (χ2n) is 14.9. The molecule has 2 atom stereocenters. The maximum Gasteiger partial charge on any atom is 0.306 e. The maximum absolute atomic E-state index is 12.7. The van der Waals surface area contributed by atoms with Crippen molar-refractivity contribution in [3.05, 3.63) is 60.8 Å². The standard InChI is InChI=1S/C45H77NO8/c1-6-8-10-12-14-16-18-20-22-24-26-28-30-32-34-36-43(48)54-41(40-53-45(44(49)50)51-38-37-46(3,4)5)39-52-42(47)35-33-31-29-27-25-23-21-19-17-15-13-11-9-7-2/h8,10,13-16,19-22,41,45H,6-7,9,11-12,17-18,23-40H2,1-5H3/b10-8-,15-13-,16-14-,21-19-,22-20-. The molecule has 0 bridgehead atoms. The first-order chi connectivity index (χ1) is 26.1. The SMILES string of the molecule is CC/C=C\C/C=C\C/C=C\CCCCCCCC(=O)OC(COC(=O)CCCCCCC/C=C\C/C=C\CCCC)COC(OCC[N+](C)(C)C)C(=O)[O-]. The van der Waals surface area contributed by atoms with Gasteiger partial charge in [-0.2, -0.15) is 0 Å². The molecule has 54 heavy (non-hydrogen) atoms. The van der Waals surface area contributed by atoms with Crippen LogP contribution in [0.4, 0.5) is 0 Å². The van der Waals surface area contributed by atoms with Crippen LogP contribution < -0.4 is 5.11 Å². The first kappa shape index (κ1) is 51.0. The van der Waals surface area contributed by atoms with Gasteiger partial charge in [-0.15, -0.1) is 0 Å². The van der Waals surface area contributed by atoms with E-state index in [1.165, 1.54) is 12.8 Å². The van der Waals surface area contributed by atoms with Crippen molar-refractivity contribution in [3.8, 4) is 0 Å². The topological polar surface area (TPSA) is 111 Å². The summed E-state index contributed by atoms with van der Waals surface area (Å²) in [5, 5.41) is 11.7. The average molecular weight is 760 g/mol. The van der Waals surface area contributed by atoms with Gasteiger partial charge in [0.1, 0.15) is 13.2 Å². The summed E-state index contributed by atoms with van der Waals surface area (Å²) < 4.78 is 22.5. The Hall–Kier alpha value is -3.01. The fourth-order valence-corrected chi connectivity index (χ4v) is 5.21. The monoisotopic (exact) mass is 760 g/mol. The third-order valence-electron chi connectivity index (χ3n) is 8.50. The second-order valence-corrected chi connectivity index (χ2v) is 14.9. The number of nitrogens with zero attached hydrogens (tertiary/aromatic N) is 1. The molecule has 310 valence electrons. The van der Waals surface area contributed by atoms with Gasteiger partial charge in [-0.1, -0.05) is 126 Å². The molecular formula is C45H77NO8. The van der Waals surface area contributed by atoms with Gasteiger partial charge in [0.15, 0.2) is 12.4 Å². The molecule has 0 aliphatic heterocycles. The quantitative estimate of drug-likeness (QED) is 0.0203. The van der Waals surface area contributed by atoms with Crippen LogP contribution in [0.5, 0.6) is 0 Å². The van der Waals surface area contributed by atoms with Crippen LogP contribution >= 0.6 is 0 Å². The number of quaternary nitrogens is 1. The highest BCUT2D eigenvalue weighted by Gasteiger charge is 2.21. The summed E-state index contributed by atoms with van der Waals surface area (Å²) >= 11 is 0. The predicted octanol–water partition coefficient (Wildman–Crippen LogP) is 9.27. The lowest BCUT2D eigenvalue weighted by molar-refractivity contribution is -0.870. The molecule has 9 heteroatoms. The number of hydrogen-bond donors (Lipinski definition) is 0. The molecular weight excluding hydrogens is 682 g/mol. The van der Waals surface area contributed by atoms with E-state index >= 15 is 0 Å². The number of carboxylic acids is 1. The zero-order valence-electron chi connectivity index (χ0n) is 34.8. The first-order valence-electron chi connectivity index (χ1n) is 20.9. The molecule has 0 aliphatic carbocycles. The fourth-order valence-electron chi connectivity index (χ4n) is 5.21. The van der Waals surface area contributed by atoms with Crippen molar-refractivity contribution in [2.75, 3.05) is 47.5 Å².